The SMILES string of the molecule is CNC(C)(C)C.O=CC(O)CCc1ccccc1. The van der Waals surface area contributed by atoms with E-state index in [-0.39, 0.29) is 0 Å². The summed E-state index contributed by atoms with van der Waals surface area (Å²) in [6.45, 7) is 6.40. The molecule has 0 aromatic heterocycles. The minimum atomic E-state index is -0.815. The monoisotopic (exact) mass is 251 g/mol. The van der Waals surface area contributed by atoms with Crippen molar-refractivity contribution in [3.63, 3.8) is 0 Å². The van der Waals surface area contributed by atoms with Crippen molar-refractivity contribution in [3.05, 3.63) is 35.9 Å². The van der Waals surface area contributed by atoms with Crippen molar-refractivity contribution in [2.45, 2.75) is 45.3 Å². The van der Waals surface area contributed by atoms with Gasteiger partial charge in [-0.2, -0.15) is 0 Å². The molecule has 0 fully saturated rings. The van der Waals surface area contributed by atoms with Crippen LogP contribution in [0.3, 0.4) is 0 Å². The molecule has 0 saturated heterocycles. The van der Waals surface area contributed by atoms with Gasteiger partial charge in [0.15, 0.2) is 0 Å². The molecule has 1 aromatic rings. The van der Waals surface area contributed by atoms with E-state index in [4.69, 9.17) is 5.11 Å². The van der Waals surface area contributed by atoms with E-state index in [1.165, 1.54) is 0 Å². The molecular formula is C15H25NO2. The van der Waals surface area contributed by atoms with E-state index < -0.39 is 6.10 Å². The fraction of sp³-hybridized carbons (Fsp3) is 0.533. The molecule has 1 unspecified atom stereocenters. The van der Waals surface area contributed by atoms with Crippen LogP contribution in [0.4, 0.5) is 0 Å². The van der Waals surface area contributed by atoms with Crippen molar-refractivity contribution in [2.24, 2.45) is 0 Å². The number of aldehydes is 1. The molecule has 0 amide bonds. The van der Waals surface area contributed by atoms with Gasteiger partial charge in [-0.15, -0.1) is 0 Å². The van der Waals surface area contributed by atoms with Crippen LogP contribution in [-0.2, 0) is 11.2 Å². The van der Waals surface area contributed by atoms with Gasteiger partial charge in [-0.05, 0) is 46.2 Å². The average Bonchev–Trinajstić information content (AvgIpc) is 2.37. The Morgan fingerprint density at radius 2 is 1.78 bits per heavy atom. The van der Waals surface area contributed by atoms with Crippen LogP contribution < -0.4 is 5.32 Å². The zero-order valence-electron chi connectivity index (χ0n) is 11.8. The third-order valence-electron chi connectivity index (χ3n) is 2.48. The molecule has 102 valence electrons. The van der Waals surface area contributed by atoms with Crippen molar-refractivity contribution in [2.75, 3.05) is 7.05 Å². The maximum absolute atomic E-state index is 10.1. The number of rotatable bonds is 4. The lowest BCUT2D eigenvalue weighted by Gasteiger charge is -2.15. The summed E-state index contributed by atoms with van der Waals surface area (Å²) in [6, 6.07) is 9.81. The molecule has 0 aliphatic carbocycles. The van der Waals surface area contributed by atoms with E-state index in [0.717, 1.165) is 12.0 Å². The number of nitrogens with one attached hydrogen (secondary N) is 1. The van der Waals surface area contributed by atoms with Gasteiger partial charge in [0.25, 0.3) is 0 Å². The Balaban J connectivity index is 0.000000411. The van der Waals surface area contributed by atoms with Crippen LogP contribution in [0.1, 0.15) is 32.8 Å². The Labute approximate surface area is 110 Å². The largest absolute Gasteiger partial charge is 0.386 e. The molecule has 0 radical (unpaired) electrons. The van der Waals surface area contributed by atoms with Gasteiger partial charge in [-0.1, -0.05) is 30.3 Å². The van der Waals surface area contributed by atoms with Crippen LogP contribution in [-0.4, -0.2) is 30.1 Å². The average molecular weight is 251 g/mol. The molecule has 0 aliphatic rings. The van der Waals surface area contributed by atoms with Crippen molar-refractivity contribution in [3.8, 4) is 0 Å². The van der Waals surface area contributed by atoms with Crippen molar-refractivity contribution < 1.29 is 9.90 Å². The Bertz CT molecular complexity index is 317. The lowest BCUT2D eigenvalue weighted by atomic mass is 10.1. The number of carbonyl (C=O) groups excluding carboxylic acids is 1. The second-order valence-electron chi connectivity index (χ2n) is 5.23. The molecule has 0 aliphatic heterocycles. The number of benzene rings is 1. The van der Waals surface area contributed by atoms with Gasteiger partial charge < -0.3 is 15.2 Å². The van der Waals surface area contributed by atoms with Crippen LogP contribution in [0, 0.1) is 0 Å². The summed E-state index contributed by atoms with van der Waals surface area (Å²) in [6.07, 6.45) is 1.02. The van der Waals surface area contributed by atoms with Crippen molar-refractivity contribution in [1.29, 1.82) is 0 Å². The smallest absolute Gasteiger partial charge is 0.148 e. The lowest BCUT2D eigenvalue weighted by Crippen LogP contribution is -2.31. The molecule has 0 spiro atoms. The molecule has 0 bridgehead atoms. The summed E-state index contributed by atoms with van der Waals surface area (Å²) < 4.78 is 0. The fourth-order valence-electron chi connectivity index (χ4n) is 1.03. The highest BCUT2D eigenvalue weighted by atomic mass is 16.3. The minimum Gasteiger partial charge on any atom is -0.386 e. The first-order chi connectivity index (χ1) is 8.39. The van der Waals surface area contributed by atoms with Crippen LogP contribution in [0.25, 0.3) is 0 Å². The highest BCUT2D eigenvalue weighted by molar-refractivity contribution is 5.55. The van der Waals surface area contributed by atoms with Gasteiger partial charge in [0.05, 0.1) is 0 Å². The molecule has 3 heteroatoms. The second kappa shape index (κ2) is 8.84. The molecule has 1 rings (SSSR count). The van der Waals surface area contributed by atoms with Gasteiger partial charge >= 0.3 is 0 Å². The number of hydrogen-bond acceptors (Lipinski definition) is 3. The Hall–Kier alpha value is -1.19. The molecule has 1 aromatic carbocycles. The lowest BCUT2D eigenvalue weighted by molar-refractivity contribution is -0.115. The topological polar surface area (TPSA) is 49.3 Å². The van der Waals surface area contributed by atoms with Crippen LogP contribution >= 0.6 is 0 Å². The van der Waals surface area contributed by atoms with Crippen LogP contribution in [0.5, 0.6) is 0 Å². The Morgan fingerprint density at radius 1 is 1.28 bits per heavy atom. The molecule has 1 atom stereocenters. The van der Waals surface area contributed by atoms with E-state index in [9.17, 15) is 4.79 Å². The first-order valence-electron chi connectivity index (χ1n) is 6.25. The number of aryl methyl sites for hydroxylation is 1. The first-order valence-corrected chi connectivity index (χ1v) is 6.25. The van der Waals surface area contributed by atoms with Gasteiger partial charge in [-0.25, -0.2) is 0 Å². The first kappa shape index (κ1) is 16.8. The fourth-order valence-corrected chi connectivity index (χ4v) is 1.03. The Morgan fingerprint density at radius 3 is 2.17 bits per heavy atom. The van der Waals surface area contributed by atoms with Crippen LogP contribution in [0.2, 0.25) is 0 Å². The highest BCUT2D eigenvalue weighted by Crippen LogP contribution is 2.03. The van der Waals surface area contributed by atoms with Gasteiger partial charge in [0.1, 0.15) is 12.4 Å². The zero-order chi connectivity index (χ0) is 14.0. The maximum atomic E-state index is 10.1. The van der Waals surface area contributed by atoms with Crippen LogP contribution in [0.15, 0.2) is 30.3 Å². The van der Waals surface area contributed by atoms with Gasteiger partial charge in [-0.3, -0.25) is 0 Å². The number of hydrogen-bond donors (Lipinski definition) is 2. The standard InChI is InChI=1S/C10H12O2.C5H13N/c11-8-10(12)7-6-9-4-2-1-3-5-9;1-5(2,3)6-4/h1-5,8,10,12H,6-7H2;6H,1-4H3. The minimum absolute atomic E-state index is 0.292. The quantitative estimate of drug-likeness (QED) is 0.806. The highest BCUT2D eigenvalue weighted by Gasteiger charge is 2.02. The second-order valence-corrected chi connectivity index (χ2v) is 5.23. The summed E-state index contributed by atoms with van der Waals surface area (Å²) in [5.74, 6) is 0. The van der Waals surface area contributed by atoms with Crippen molar-refractivity contribution >= 4 is 6.29 Å². The van der Waals surface area contributed by atoms with E-state index in [1.807, 2.05) is 37.4 Å². The van der Waals surface area contributed by atoms with E-state index in [0.29, 0.717) is 18.2 Å². The van der Waals surface area contributed by atoms with Gasteiger partial charge in [0, 0.05) is 5.54 Å². The predicted octanol–water partition coefficient (Wildman–Crippen LogP) is 2.18. The summed E-state index contributed by atoms with van der Waals surface area (Å²) >= 11 is 0. The zero-order valence-corrected chi connectivity index (χ0v) is 11.8. The summed E-state index contributed by atoms with van der Waals surface area (Å²) in [7, 11) is 1.96. The summed E-state index contributed by atoms with van der Waals surface area (Å²) in [4.78, 5) is 10.1. The van der Waals surface area contributed by atoms with Crippen molar-refractivity contribution in [1.82, 2.24) is 5.32 Å². The number of aliphatic hydroxyl groups excluding tert-OH is 1. The number of carbonyl (C=O) groups is 1. The molecule has 18 heavy (non-hydrogen) atoms. The molecule has 3 nitrogen and oxygen atoms in total. The number of aliphatic hydroxyl groups is 1. The predicted molar refractivity (Wildman–Crippen MR) is 75.6 cm³/mol. The molecule has 0 saturated carbocycles. The summed E-state index contributed by atoms with van der Waals surface area (Å²) in [5, 5.41) is 12.1. The summed E-state index contributed by atoms with van der Waals surface area (Å²) in [5.41, 5.74) is 1.44. The molecular weight excluding hydrogens is 226 g/mol. The maximum Gasteiger partial charge on any atom is 0.148 e. The third-order valence-corrected chi connectivity index (χ3v) is 2.48. The normalized spacial score (nSPS) is 12.3. The van der Waals surface area contributed by atoms with Gasteiger partial charge in [0.2, 0.25) is 0 Å². The molecule has 0 heterocycles. The Kier molecular flexibility index (Phi) is 8.25. The third kappa shape index (κ3) is 10.00. The van der Waals surface area contributed by atoms with E-state index in [1.54, 1.807) is 0 Å². The van der Waals surface area contributed by atoms with E-state index >= 15 is 0 Å². The molecule has 2 N–H and O–H groups in total. The van der Waals surface area contributed by atoms with E-state index in [2.05, 4.69) is 26.1 Å².